The molecule has 136 valence electrons. The molecule has 1 fully saturated rings. The van der Waals surface area contributed by atoms with Gasteiger partial charge in [-0.15, -0.1) is 0 Å². The van der Waals surface area contributed by atoms with Crippen molar-refractivity contribution in [2.45, 2.75) is 25.8 Å². The molecule has 0 spiro atoms. The van der Waals surface area contributed by atoms with E-state index in [1.54, 1.807) is 16.8 Å². The highest BCUT2D eigenvalue weighted by molar-refractivity contribution is 6.42. The minimum absolute atomic E-state index is 0.0490. The fourth-order valence-electron chi connectivity index (χ4n) is 3.48. The van der Waals surface area contributed by atoms with Gasteiger partial charge in [0.2, 0.25) is 5.65 Å². The van der Waals surface area contributed by atoms with Crippen molar-refractivity contribution in [3.63, 3.8) is 0 Å². The zero-order valence-electron chi connectivity index (χ0n) is 14.4. The second-order valence-corrected chi connectivity index (χ2v) is 7.53. The third-order valence-electron chi connectivity index (χ3n) is 4.95. The van der Waals surface area contributed by atoms with Crippen molar-refractivity contribution in [2.24, 2.45) is 0 Å². The summed E-state index contributed by atoms with van der Waals surface area (Å²) in [6.07, 6.45) is 8.67. The maximum atomic E-state index is 12.7. The average molecular weight is 391 g/mol. The number of fused-ring (bicyclic) bond motifs is 1. The van der Waals surface area contributed by atoms with E-state index in [4.69, 9.17) is 23.2 Å². The van der Waals surface area contributed by atoms with Crippen molar-refractivity contribution >= 4 is 28.8 Å². The van der Waals surface area contributed by atoms with Gasteiger partial charge in [-0.25, -0.2) is 4.98 Å². The third kappa shape index (κ3) is 3.52. The summed E-state index contributed by atoms with van der Waals surface area (Å²) in [7, 11) is 0. The van der Waals surface area contributed by atoms with Crippen LogP contribution in [0.5, 0.6) is 0 Å². The van der Waals surface area contributed by atoms with E-state index in [-0.39, 0.29) is 5.56 Å². The highest BCUT2D eigenvalue weighted by atomic mass is 35.5. The van der Waals surface area contributed by atoms with Gasteiger partial charge in [0.05, 0.1) is 10.0 Å². The predicted octanol–water partition coefficient (Wildman–Crippen LogP) is 3.49. The first-order valence-corrected chi connectivity index (χ1v) is 9.59. The van der Waals surface area contributed by atoms with Crippen molar-refractivity contribution in [3.05, 3.63) is 68.4 Å². The van der Waals surface area contributed by atoms with Crippen LogP contribution in [0.25, 0.3) is 5.65 Å². The van der Waals surface area contributed by atoms with E-state index in [2.05, 4.69) is 9.88 Å². The van der Waals surface area contributed by atoms with Gasteiger partial charge in [-0.3, -0.25) is 9.20 Å². The van der Waals surface area contributed by atoms with Crippen LogP contribution in [-0.2, 0) is 13.0 Å². The monoisotopic (exact) mass is 390 g/mol. The molecule has 1 saturated heterocycles. The van der Waals surface area contributed by atoms with Crippen LogP contribution in [0.3, 0.4) is 0 Å². The molecule has 3 heterocycles. The molecule has 0 radical (unpaired) electrons. The molecule has 1 aromatic carbocycles. The molecule has 0 atom stereocenters. The Balaban J connectivity index is 1.57. The molecule has 0 bridgehead atoms. The predicted molar refractivity (Wildman–Crippen MR) is 104 cm³/mol. The van der Waals surface area contributed by atoms with Gasteiger partial charge in [0.1, 0.15) is 0 Å². The van der Waals surface area contributed by atoms with Gasteiger partial charge in [-0.2, -0.15) is 0 Å². The maximum absolute atomic E-state index is 12.7. The molecule has 4 rings (SSSR count). The number of aromatic nitrogens is 3. The Morgan fingerprint density at radius 2 is 1.85 bits per heavy atom. The summed E-state index contributed by atoms with van der Waals surface area (Å²) in [5.41, 5.74) is 2.39. The standard InChI is InChI=1S/C19H20Cl2N4O/c20-16-4-3-14(12-17(16)21)11-15-13-22-18-19(26)24(9-10-25(15)18)8-7-23-5-1-2-6-23/h3-4,9-10,12-13H,1-2,5-8,11H2. The Kier molecular flexibility index (Phi) is 5.02. The summed E-state index contributed by atoms with van der Waals surface area (Å²) in [5, 5.41) is 1.07. The van der Waals surface area contributed by atoms with Crippen LogP contribution in [0.4, 0.5) is 0 Å². The van der Waals surface area contributed by atoms with Gasteiger partial charge in [0, 0.05) is 43.8 Å². The first kappa shape index (κ1) is 17.6. The molecular formula is C19H20Cl2N4O. The molecule has 1 aliphatic rings. The molecule has 0 aliphatic carbocycles. The maximum Gasteiger partial charge on any atom is 0.294 e. The van der Waals surface area contributed by atoms with E-state index in [0.717, 1.165) is 30.9 Å². The van der Waals surface area contributed by atoms with Crippen molar-refractivity contribution < 1.29 is 0 Å². The summed E-state index contributed by atoms with van der Waals surface area (Å²) in [4.78, 5) is 19.5. The minimum Gasteiger partial charge on any atom is -0.310 e. The second kappa shape index (κ2) is 7.43. The zero-order chi connectivity index (χ0) is 18.1. The van der Waals surface area contributed by atoms with Crippen LogP contribution >= 0.6 is 23.2 Å². The zero-order valence-corrected chi connectivity index (χ0v) is 15.9. The Bertz CT molecular complexity index is 989. The SMILES string of the molecule is O=c1c2ncc(Cc3ccc(Cl)c(Cl)c3)n2ccn1CCN1CCCC1. The molecule has 5 nitrogen and oxygen atoms in total. The molecule has 3 aromatic rings. The Morgan fingerprint density at radius 3 is 2.62 bits per heavy atom. The van der Waals surface area contributed by atoms with Crippen LogP contribution in [0.15, 0.2) is 41.6 Å². The van der Waals surface area contributed by atoms with Crippen LogP contribution in [0, 0.1) is 0 Å². The van der Waals surface area contributed by atoms with E-state index in [9.17, 15) is 4.79 Å². The number of imidazole rings is 1. The number of hydrogen-bond acceptors (Lipinski definition) is 3. The Hall–Kier alpha value is -1.82. The third-order valence-corrected chi connectivity index (χ3v) is 5.69. The highest BCUT2D eigenvalue weighted by Crippen LogP contribution is 2.24. The number of hydrogen-bond donors (Lipinski definition) is 0. The summed E-state index contributed by atoms with van der Waals surface area (Å²) < 4.78 is 3.61. The molecule has 0 saturated carbocycles. The second-order valence-electron chi connectivity index (χ2n) is 6.71. The number of rotatable bonds is 5. The van der Waals surface area contributed by atoms with Crippen molar-refractivity contribution in [3.8, 4) is 0 Å². The molecule has 0 N–H and O–H groups in total. The van der Waals surface area contributed by atoms with Gasteiger partial charge >= 0.3 is 0 Å². The summed E-state index contributed by atoms with van der Waals surface area (Å²) in [6, 6.07) is 5.57. The lowest BCUT2D eigenvalue weighted by atomic mass is 10.1. The van der Waals surface area contributed by atoms with E-state index in [1.165, 1.54) is 12.8 Å². The molecule has 7 heteroatoms. The largest absolute Gasteiger partial charge is 0.310 e. The summed E-state index contributed by atoms with van der Waals surface area (Å²) in [6.45, 7) is 3.87. The number of likely N-dealkylation sites (tertiary alicyclic amines) is 1. The smallest absolute Gasteiger partial charge is 0.294 e. The highest BCUT2D eigenvalue weighted by Gasteiger charge is 2.13. The first-order chi connectivity index (χ1) is 12.6. The minimum atomic E-state index is -0.0490. The van der Waals surface area contributed by atoms with Crippen LogP contribution in [0.1, 0.15) is 24.1 Å². The lowest BCUT2D eigenvalue weighted by molar-refractivity contribution is 0.320. The van der Waals surface area contributed by atoms with Gasteiger partial charge in [-0.05, 0) is 43.6 Å². The lowest BCUT2D eigenvalue weighted by Crippen LogP contribution is -2.29. The molecule has 0 unspecified atom stereocenters. The fourth-order valence-corrected chi connectivity index (χ4v) is 3.81. The van der Waals surface area contributed by atoms with E-state index in [1.807, 2.05) is 28.9 Å². The first-order valence-electron chi connectivity index (χ1n) is 8.83. The molecular weight excluding hydrogens is 371 g/mol. The van der Waals surface area contributed by atoms with E-state index < -0.39 is 0 Å². The molecule has 1 aliphatic heterocycles. The van der Waals surface area contributed by atoms with Crippen molar-refractivity contribution in [1.29, 1.82) is 0 Å². The Morgan fingerprint density at radius 1 is 1.04 bits per heavy atom. The van der Waals surface area contributed by atoms with Gasteiger partial charge in [0.25, 0.3) is 5.56 Å². The van der Waals surface area contributed by atoms with Gasteiger partial charge in [0.15, 0.2) is 0 Å². The molecule has 2 aromatic heterocycles. The fraction of sp³-hybridized carbons (Fsp3) is 0.368. The quantitative estimate of drug-likeness (QED) is 0.669. The van der Waals surface area contributed by atoms with Crippen LogP contribution in [0.2, 0.25) is 10.0 Å². The van der Waals surface area contributed by atoms with Crippen molar-refractivity contribution in [2.75, 3.05) is 19.6 Å². The number of benzene rings is 1. The van der Waals surface area contributed by atoms with Crippen LogP contribution < -0.4 is 5.56 Å². The van der Waals surface area contributed by atoms with E-state index >= 15 is 0 Å². The van der Waals surface area contributed by atoms with Crippen molar-refractivity contribution in [1.82, 2.24) is 18.9 Å². The lowest BCUT2D eigenvalue weighted by Gasteiger charge is -2.15. The number of halogens is 2. The van der Waals surface area contributed by atoms with E-state index in [0.29, 0.717) is 28.7 Å². The van der Waals surface area contributed by atoms with Gasteiger partial charge in [-0.1, -0.05) is 29.3 Å². The average Bonchev–Trinajstić information content (AvgIpc) is 3.28. The normalized spacial score (nSPS) is 15.2. The molecule has 0 amide bonds. The topological polar surface area (TPSA) is 42.5 Å². The summed E-state index contributed by atoms with van der Waals surface area (Å²) in [5.74, 6) is 0. The van der Waals surface area contributed by atoms with Crippen LogP contribution in [-0.4, -0.2) is 38.5 Å². The summed E-state index contributed by atoms with van der Waals surface area (Å²) >= 11 is 12.1. The molecule has 26 heavy (non-hydrogen) atoms. The number of nitrogens with zero attached hydrogens (tertiary/aromatic N) is 4. The van der Waals surface area contributed by atoms with Gasteiger partial charge < -0.3 is 9.47 Å². The Labute approximate surface area is 161 Å².